The highest BCUT2D eigenvalue weighted by atomic mass is 16.5. The zero-order valence-electron chi connectivity index (χ0n) is 11.8. The highest BCUT2D eigenvalue weighted by Gasteiger charge is 2.10. The third-order valence-corrected chi connectivity index (χ3v) is 3.08. The number of carbonyl (C=O) groups is 2. The highest BCUT2D eigenvalue weighted by molar-refractivity contribution is 5.81. The van der Waals surface area contributed by atoms with Crippen molar-refractivity contribution in [2.24, 2.45) is 0 Å². The highest BCUT2D eigenvalue weighted by Crippen LogP contribution is 2.31. The van der Waals surface area contributed by atoms with Crippen LogP contribution in [0.25, 0.3) is 11.1 Å². The van der Waals surface area contributed by atoms with Crippen molar-refractivity contribution in [1.29, 1.82) is 0 Å². The van der Waals surface area contributed by atoms with E-state index in [9.17, 15) is 9.59 Å². The Labute approximate surface area is 118 Å². The number of aryl methyl sites for hydroxylation is 2. The molecule has 0 fully saturated rings. The molecule has 0 radical (unpaired) electrons. The Hall–Kier alpha value is -2.42. The van der Waals surface area contributed by atoms with Crippen LogP contribution >= 0.6 is 0 Å². The molecule has 0 spiro atoms. The van der Waals surface area contributed by atoms with Gasteiger partial charge in [0.25, 0.3) is 0 Å². The monoisotopic (exact) mass is 268 g/mol. The normalized spacial score (nSPS) is 10.2. The standard InChI is InChI=1S/C17H16O3/c1-11-7-16(20-13(3)19)8-12(2)17(11)15-6-4-5-14(9-15)10-18/h4-10H,1-3H3. The number of carbonyl (C=O) groups excluding carboxylic acids is 2. The van der Waals surface area contributed by atoms with E-state index in [4.69, 9.17) is 4.74 Å². The Morgan fingerprint density at radius 1 is 1.10 bits per heavy atom. The molecule has 3 nitrogen and oxygen atoms in total. The van der Waals surface area contributed by atoms with Crippen LogP contribution in [0.4, 0.5) is 0 Å². The summed E-state index contributed by atoms with van der Waals surface area (Å²) >= 11 is 0. The molecule has 0 atom stereocenters. The number of hydrogen-bond donors (Lipinski definition) is 0. The lowest BCUT2D eigenvalue weighted by Crippen LogP contribution is -2.02. The predicted octanol–water partition coefficient (Wildman–Crippen LogP) is 3.71. The Morgan fingerprint density at radius 2 is 1.75 bits per heavy atom. The maximum atomic E-state index is 11.0. The number of esters is 1. The molecule has 0 saturated heterocycles. The minimum Gasteiger partial charge on any atom is -0.427 e. The molecule has 2 rings (SSSR count). The molecule has 102 valence electrons. The van der Waals surface area contributed by atoms with Crippen LogP contribution in [0.5, 0.6) is 5.75 Å². The molecule has 0 heterocycles. The molecule has 0 amide bonds. The average Bonchev–Trinajstić information content (AvgIpc) is 2.37. The van der Waals surface area contributed by atoms with Crippen molar-refractivity contribution in [3.63, 3.8) is 0 Å². The van der Waals surface area contributed by atoms with E-state index in [2.05, 4.69) is 0 Å². The molecule has 0 aliphatic heterocycles. The minimum atomic E-state index is -0.334. The number of rotatable bonds is 3. The van der Waals surface area contributed by atoms with Gasteiger partial charge in [-0.3, -0.25) is 9.59 Å². The van der Waals surface area contributed by atoms with E-state index < -0.39 is 0 Å². The van der Waals surface area contributed by atoms with E-state index in [0.717, 1.165) is 28.5 Å². The average molecular weight is 268 g/mol. The number of benzene rings is 2. The van der Waals surface area contributed by atoms with E-state index in [-0.39, 0.29) is 5.97 Å². The van der Waals surface area contributed by atoms with Crippen molar-refractivity contribution >= 4 is 12.3 Å². The summed E-state index contributed by atoms with van der Waals surface area (Å²) in [5.41, 5.74) is 4.70. The third-order valence-electron chi connectivity index (χ3n) is 3.08. The van der Waals surface area contributed by atoms with Gasteiger partial charge in [0.05, 0.1) is 0 Å². The number of aldehydes is 1. The van der Waals surface area contributed by atoms with Gasteiger partial charge >= 0.3 is 5.97 Å². The Balaban J connectivity index is 2.51. The smallest absolute Gasteiger partial charge is 0.308 e. The van der Waals surface area contributed by atoms with Gasteiger partial charge < -0.3 is 4.74 Å². The molecule has 2 aromatic carbocycles. The summed E-state index contributed by atoms with van der Waals surface area (Å²) in [4.78, 5) is 21.9. The van der Waals surface area contributed by atoms with Gasteiger partial charge in [0, 0.05) is 12.5 Å². The van der Waals surface area contributed by atoms with Gasteiger partial charge in [-0.15, -0.1) is 0 Å². The fraction of sp³-hybridized carbons (Fsp3) is 0.176. The fourth-order valence-corrected chi connectivity index (χ4v) is 2.37. The van der Waals surface area contributed by atoms with Crippen LogP contribution in [0.3, 0.4) is 0 Å². The van der Waals surface area contributed by atoms with Gasteiger partial charge in [-0.25, -0.2) is 0 Å². The largest absolute Gasteiger partial charge is 0.427 e. The molecule has 0 aliphatic carbocycles. The first kappa shape index (κ1) is 14.0. The fourth-order valence-electron chi connectivity index (χ4n) is 2.37. The summed E-state index contributed by atoms with van der Waals surface area (Å²) in [6.45, 7) is 5.30. The first-order valence-corrected chi connectivity index (χ1v) is 6.36. The van der Waals surface area contributed by atoms with E-state index in [1.165, 1.54) is 6.92 Å². The van der Waals surface area contributed by atoms with E-state index in [1.54, 1.807) is 6.07 Å². The second kappa shape index (κ2) is 5.70. The van der Waals surface area contributed by atoms with Crippen molar-refractivity contribution < 1.29 is 14.3 Å². The van der Waals surface area contributed by atoms with E-state index in [0.29, 0.717) is 11.3 Å². The maximum absolute atomic E-state index is 11.0. The maximum Gasteiger partial charge on any atom is 0.308 e. The lowest BCUT2D eigenvalue weighted by molar-refractivity contribution is -0.131. The quantitative estimate of drug-likeness (QED) is 0.484. The molecular weight excluding hydrogens is 252 g/mol. The minimum absolute atomic E-state index is 0.334. The molecule has 20 heavy (non-hydrogen) atoms. The molecule has 0 unspecified atom stereocenters. The van der Waals surface area contributed by atoms with Gasteiger partial charge in [0.1, 0.15) is 12.0 Å². The Bertz CT molecular complexity index is 649. The van der Waals surface area contributed by atoms with Gasteiger partial charge in [0.15, 0.2) is 0 Å². The number of hydrogen-bond acceptors (Lipinski definition) is 3. The summed E-state index contributed by atoms with van der Waals surface area (Å²) in [7, 11) is 0. The van der Waals surface area contributed by atoms with Crippen molar-refractivity contribution in [2.75, 3.05) is 0 Å². The van der Waals surface area contributed by atoms with Crippen LogP contribution < -0.4 is 4.74 Å². The van der Waals surface area contributed by atoms with Crippen LogP contribution in [0.2, 0.25) is 0 Å². The van der Waals surface area contributed by atoms with Crippen molar-refractivity contribution in [3.8, 4) is 16.9 Å². The molecule has 0 bridgehead atoms. The van der Waals surface area contributed by atoms with Crippen LogP contribution in [0.1, 0.15) is 28.4 Å². The molecule has 0 aliphatic rings. The lowest BCUT2D eigenvalue weighted by Gasteiger charge is -2.13. The predicted molar refractivity (Wildman–Crippen MR) is 78.0 cm³/mol. The summed E-state index contributed by atoms with van der Waals surface area (Å²) in [5.74, 6) is 0.210. The van der Waals surface area contributed by atoms with Gasteiger partial charge in [0.2, 0.25) is 0 Å². The molecule has 3 heteroatoms. The first-order valence-electron chi connectivity index (χ1n) is 6.36. The SMILES string of the molecule is CC(=O)Oc1cc(C)c(-c2cccc(C=O)c2)c(C)c1. The number of ether oxygens (including phenoxy) is 1. The van der Waals surface area contributed by atoms with Crippen LogP contribution in [-0.4, -0.2) is 12.3 Å². The van der Waals surface area contributed by atoms with Crippen LogP contribution in [0, 0.1) is 13.8 Å². The summed E-state index contributed by atoms with van der Waals surface area (Å²) < 4.78 is 5.12. The summed E-state index contributed by atoms with van der Waals surface area (Å²) in [5, 5.41) is 0. The molecule has 0 aromatic heterocycles. The summed E-state index contributed by atoms with van der Waals surface area (Å²) in [6, 6.07) is 11.1. The molecule has 0 N–H and O–H groups in total. The topological polar surface area (TPSA) is 43.4 Å². The Kier molecular flexibility index (Phi) is 3.99. The van der Waals surface area contributed by atoms with Gasteiger partial charge in [-0.2, -0.15) is 0 Å². The molecule has 2 aromatic rings. The van der Waals surface area contributed by atoms with Gasteiger partial charge in [-0.05, 0) is 54.3 Å². The van der Waals surface area contributed by atoms with E-state index >= 15 is 0 Å². The third kappa shape index (κ3) is 2.94. The second-order valence-corrected chi connectivity index (χ2v) is 4.77. The van der Waals surface area contributed by atoms with Gasteiger partial charge in [-0.1, -0.05) is 18.2 Å². The Morgan fingerprint density at radius 3 is 2.30 bits per heavy atom. The first-order chi connectivity index (χ1) is 9.51. The van der Waals surface area contributed by atoms with Crippen molar-refractivity contribution in [3.05, 3.63) is 53.1 Å². The zero-order valence-corrected chi connectivity index (χ0v) is 11.8. The van der Waals surface area contributed by atoms with Crippen LogP contribution in [-0.2, 0) is 4.79 Å². The second-order valence-electron chi connectivity index (χ2n) is 4.77. The molecule has 0 saturated carbocycles. The zero-order chi connectivity index (χ0) is 14.7. The van der Waals surface area contributed by atoms with E-state index in [1.807, 2.05) is 44.2 Å². The van der Waals surface area contributed by atoms with Crippen molar-refractivity contribution in [1.82, 2.24) is 0 Å². The molecular formula is C17H16O3. The summed E-state index contributed by atoms with van der Waals surface area (Å²) in [6.07, 6.45) is 0.835. The van der Waals surface area contributed by atoms with Crippen LogP contribution in [0.15, 0.2) is 36.4 Å². The van der Waals surface area contributed by atoms with Crippen molar-refractivity contribution in [2.45, 2.75) is 20.8 Å². The lowest BCUT2D eigenvalue weighted by atomic mass is 9.94.